The number of Topliss-reactive ketones (excluding diaryl/α,β-unsaturated/α-hetero) is 2. The Balaban J connectivity index is 0.000000321. The van der Waals surface area contributed by atoms with E-state index in [2.05, 4.69) is 6.92 Å². The number of allylic oxidation sites excluding steroid dienone is 3. The van der Waals surface area contributed by atoms with E-state index in [4.69, 9.17) is 40.0 Å². The van der Waals surface area contributed by atoms with Gasteiger partial charge >= 0.3 is 24.4 Å². The molecule has 526 valence electrons. The van der Waals surface area contributed by atoms with Crippen molar-refractivity contribution < 1.29 is 102 Å². The van der Waals surface area contributed by atoms with E-state index in [0.717, 1.165) is 18.4 Å². The molecular weight excluding hydrogens is 1270 g/mol. The maximum absolute atomic E-state index is 14.3. The van der Waals surface area contributed by atoms with Gasteiger partial charge in [0.25, 0.3) is 21.7 Å². The third kappa shape index (κ3) is 19.8. The van der Waals surface area contributed by atoms with Crippen LogP contribution in [-0.2, 0) is 74.8 Å². The number of methoxy groups -OCH3 is 3. The van der Waals surface area contributed by atoms with Crippen molar-refractivity contribution in [2.75, 3.05) is 41.0 Å². The minimum Gasteiger partial charge on any atom is -0.456 e. The zero-order valence-electron chi connectivity index (χ0n) is 55.4. The van der Waals surface area contributed by atoms with Crippen molar-refractivity contribution >= 4 is 57.1 Å². The van der Waals surface area contributed by atoms with Crippen LogP contribution in [0.3, 0.4) is 0 Å². The predicted octanol–water partition coefficient (Wildman–Crippen LogP) is 10.9. The lowest BCUT2D eigenvalue weighted by atomic mass is 9.76. The first kappa shape index (κ1) is 77.3. The zero-order chi connectivity index (χ0) is 69.5. The van der Waals surface area contributed by atoms with Crippen LogP contribution in [0.4, 0.5) is 31.1 Å². The number of hydrogen-bond donors (Lipinski definition) is 3. The summed E-state index contributed by atoms with van der Waals surface area (Å²) in [4.78, 5) is 83.6. The van der Waals surface area contributed by atoms with Crippen molar-refractivity contribution in [3.05, 3.63) is 52.6 Å². The number of carbonyl (C=O) groups is 6. The van der Waals surface area contributed by atoms with E-state index in [-0.39, 0.29) is 86.2 Å². The predicted molar refractivity (Wildman–Crippen MR) is 330 cm³/mol. The molecule has 6 aliphatic rings. The number of sulfonamides is 1. The van der Waals surface area contributed by atoms with E-state index >= 15 is 0 Å². The number of halogens is 7. The van der Waals surface area contributed by atoms with Gasteiger partial charge in [0.05, 0.1) is 45.8 Å². The Labute approximate surface area is 547 Å². The lowest BCUT2D eigenvalue weighted by Gasteiger charge is -2.47. The molecule has 4 aliphatic heterocycles. The number of nitrogens with one attached hydrogen (secondary N) is 1. The minimum absolute atomic E-state index is 0.0425. The Bertz CT molecular complexity index is 2930. The van der Waals surface area contributed by atoms with Gasteiger partial charge in [-0.25, -0.2) is 22.7 Å². The lowest BCUT2D eigenvalue weighted by Crippen LogP contribution is -2.64. The molecule has 2 aliphatic carbocycles. The number of alkyl halides is 7. The molecule has 3 amide bonds. The number of rotatable bonds is 9. The van der Waals surface area contributed by atoms with E-state index < -0.39 is 152 Å². The summed E-state index contributed by atoms with van der Waals surface area (Å²) in [5.41, 5.74) is -2.67. The summed E-state index contributed by atoms with van der Waals surface area (Å²) in [6.07, 6.45) is -3.54. The molecule has 5 fully saturated rings. The molecule has 0 radical (unpaired) electrons. The number of benzene rings is 1. The van der Waals surface area contributed by atoms with E-state index in [1.807, 2.05) is 32.9 Å². The number of carbonyl (C=O) groups excluding carboxylic acids is 6. The topological polar surface area (TPSA) is 251 Å². The van der Waals surface area contributed by atoms with Crippen molar-refractivity contribution in [1.29, 1.82) is 0 Å². The van der Waals surface area contributed by atoms with Crippen LogP contribution in [0.5, 0.6) is 0 Å². The SMILES string of the molecule is CC(C)(C)OC(=O)N1C[C@H]2CCCC[C@@H](C1)C2C(=O)NS(=O)(=O)c1cc(C(F)(F)F)cc(C(F)(F)F)c1.CC[C@@H]1/C=C(\C)C[C@H](C)C[C@H](OC)[C@H]2O[C@@](O)(C(=O)C(=O)N3CCCC[C@H]3C(=O)O[C@H](/C(C)=C/[C@@H]3CC[C@H](Cl)[C@H](OC)C3)[C@H](C)[C@@H](O)CC1=O)[C@H](C)C[C@@H]2OC. The number of hydrogen-bond acceptors (Lipinski definition) is 16. The van der Waals surface area contributed by atoms with Crippen molar-refractivity contribution in [3.8, 4) is 0 Å². The summed E-state index contributed by atoms with van der Waals surface area (Å²) in [7, 11) is -0.364. The average Bonchev–Trinajstić information content (AvgIpc) is 1.63. The molecule has 4 heterocycles. The minimum atomic E-state index is -5.25. The lowest BCUT2D eigenvalue weighted by molar-refractivity contribution is -0.302. The molecule has 27 heteroatoms. The molecule has 1 aromatic carbocycles. The van der Waals surface area contributed by atoms with Crippen LogP contribution in [0.1, 0.15) is 170 Å². The molecule has 3 N–H and O–H groups in total. The highest BCUT2D eigenvalue weighted by Crippen LogP contribution is 2.43. The van der Waals surface area contributed by atoms with Gasteiger partial charge in [-0.2, -0.15) is 26.3 Å². The second-order valence-corrected chi connectivity index (χ2v) is 29.8. The molecule has 2 saturated carbocycles. The van der Waals surface area contributed by atoms with Crippen molar-refractivity contribution in [2.24, 2.45) is 47.3 Å². The van der Waals surface area contributed by atoms with Crippen molar-refractivity contribution in [2.45, 2.75) is 235 Å². The summed E-state index contributed by atoms with van der Waals surface area (Å²) >= 11 is 6.52. The van der Waals surface area contributed by atoms with Gasteiger partial charge in [-0.05, 0) is 159 Å². The Morgan fingerprint density at radius 2 is 1.39 bits per heavy atom. The fourth-order valence-electron chi connectivity index (χ4n) is 14.2. The molecule has 0 spiro atoms. The van der Waals surface area contributed by atoms with Gasteiger partial charge in [0.15, 0.2) is 0 Å². The van der Waals surface area contributed by atoms with Crippen LogP contribution in [-0.4, -0.2) is 164 Å². The third-order valence-corrected chi connectivity index (χ3v) is 21.1. The summed E-state index contributed by atoms with van der Waals surface area (Å²) in [5, 5.41) is 23.6. The highest BCUT2D eigenvalue weighted by molar-refractivity contribution is 7.90. The summed E-state index contributed by atoms with van der Waals surface area (Å²) in [5.74, 6) is -10.2. The molecule has 1 aromatic rings. The van der Waals surface area contributed by atoms with Gasteiger partial charge < -0.3 is 48.4 Å². The Morgan fingerprint density at radius 1 is 0.817 bits per heavy atom. The third-order valence-electron chi connectivity index (χ3n) is 19.2. The fourth-order valence-corrected chi connectivity index (χ4v) is 15.6. The number of amides is 3. The van der Waals surface area contributed by atoms with Gasteiger partial charge in [-0.3, -0.25) is 19.2 Å². The number of aliphatic hydroxyl groups excluding tert-OH is 1. The number of nitrogens with zero attached hydrogens (tertiary/aromatic N) is 2. The fraction of sp³-hybridized carbons (Fsp3) is 0.758. The highest BCUT2D eigenvalue weighted by atomic mass is 35.5. The quantitative estimate of drug-likeness (QED) is 0.0683. The number of likely N-dealkylation sites (tertiary alicyclic amines) is 1. The van der Waals surface area contributed by atoms with Crippen LogP contribution in [0.15, 0.2) is 46.4 Å². The monoisotopic (exact) mass is 1370 g/mol. The standard InChI is InChI=1S/C43H68ClNO11.C23H28F6N2O5S/c1-10-30-18-24(2)17-25(3)19-36(53-8)39-37(54-9)21-27(5)43(51,56-39)40(48)41(49)45-16-12-11-13-32(45)42(50)55-38(28(6)33(46)23-34(30)47)26(4)20-29-14-15-31(44)35(22-29)52-7;1-21(2,3)36-20(33)31-11-13-6-4-5-7-14(12-31)18(13)19(32)30-37(34,35)17-9-15(22(24,25)26)8-16(10-17)23(27,28)29/h18,20,25,27-33,35-39,46,51H,10-17,19,21-23H2,1-9H3;8-10,13-14,18H,4-7,11-12H2,1-3H3,(H,30,32)/b24-18+,26-20+;/t25-,27+,28+,29-,30+,31-,32-,33-,35+,36-,37-,38+,39+,43+;13-,14+,18?/m0./s1. The van der Waals surface area contributed by atoms with E-state index in [9.17, 15) is 73.7 Å². The Morgan fingerprint density at radius 3 is 1.94 bits per heavy atom. The zero-order valence-corrected chi connectivity index (χ0v) is 57.0. The molecule has 19 nitrogen and oxygen atoms in total. The van der Waals surface area contributed by atoms with E-state index in [1.54, 1.807) is 46.5 Å². The van der Waals surface area contributed by atoms with Crippen LogP contribution in [0.2, 0.25) is 0 Å². The molecule has 0 aromatic heterocycles. The molecule has 7 rings (SSSR count). The number of ketones is 2. The Kier molecular flexibility index (Phi) is 26.7. The molecule has 93 heavy (non-hydrogen) atoms. The number of fused-ring (bicyclic) bond motifs is 5. The molecule has 17 atom stereocenters. The van der Waals surface area contributed by atoms with Crippen LogP contribution < -0.4 is 4.72 Å². The van der Waals surface area contributed by atoms with Crippen molar-refractivity contribution in [3.63, 3.8) is 0 Å². The van der Waals surface area contributed by atoms with Gasteiger partial charge in [0.2, 0.25) is 11.7 Å². The Hall–Kier alpha value is -4.70. The van der Waals surface area contributed by atoms with Crippen molar-refractivity contribution in [1.82, 2.24) is 14.5 Å². The smallest absolute Gasteiger partial charge is 0.416 e. The van der Waals surface area contributed by atoms with Crippen LogP contribution >= 0.6 is 11.6 Å². The van der Waals surface area contributed by atoms with Crippen LogP contribution in [0.25, 0.3) is 0 Å². The van der Waals surface area contributed by atoms with E-state index in [0.29, 0.717) is 69.8 Å². The summed E-state index contributed by atoms with van der Waals surface area (Å²) in [6, 6.07) is -1.19. The summed E-state index contributed by atoms with van der Waals surface area (Å²) < 4.78 is 142. The maximum Gasteiger partial charge on any atom is 0.416 e. The summed E-state index contributed by atoms with van der Waals surface area (Å²) in [6.45, 7) is 16.6. The van der Waals surface area contributed by atoms with Gasteiger partial charge in [-0.1, -0.05) is 58.3 Å². The van der Waals surface area contributed by atoms with Gasteiger partial charge in [0.1, 0.15) is 29.6 Å². The normalized spacial score (nSPS) is 34.3. The maximum atomic E-state index is 14.3. The molecular formula is C66H96ClF6N3O16S. The van der Waals surface area contributed by atoms with E-state index in [1.165, 1.54) is 24.0 Å². The number of esters is 1. The van der Waals surface area contributed by atoms with Gasteiger partial charge in [0, 0.05) is 71.1 Å². The van der Waals surface area contributed by atoms with Crippen LogP contribution in [0, 0.1) is 47.3 Å². The number of piperidine rings is 2. The second kappa shape index (κ2) is 32.1. The molecule has 1 unspecified atom stereocenters. The first-order chi connectivity index (χ1) is 43.3. The number of ether oxygens (including phenoxy) is 6. The second-order valence-electron chi connectivity index (χ2n) is 27.5. The number of cyclic esters (lactones) is 1. The highest BCUT2D eigenvalue weighted by Gasteiger charge is 2.57. The largest absolute Gasteiger partial charge is 0.456 e. The first-order valence-corrected chi connectivity index (χ1v) is 34.3. The molecule has 3 saturated heterocycles. The first-order valence-electron chi connectivity index (χ1n) is 32.4. The number of aliphatic hydroxyl groups is 2. The average molecular weight is 1370 g/mol. The molecule has 4 bridgehead atoms. The van der Waals surface area contributed by atoms with Gasteiger partial charge in [-0.15, -0.1) is 11.6 Å².